The maximum atomic E-state index is 11.0. The summed E-state index contributed by atoms with van der Waals surface area (Å²) in [6.07, 6.45) is 10.7. The van der Waals surface area contributed by atoms with E-state index in [9.17, 15) is 10.2 Å². The number of hydrogen-bond acceptors (Lipinski definition) is 3. The molecular formula is C26H44O3. The van der Waals surface area contributed by atoms with Gasteiger partial charge in [-0.05, 0) is 86.9 Å². The van der Waals surface area contributed by atoms with Gasteiger partial charge in [-0.1, -0.05) is 39.3 Å². The quantitative estimate of drug-likeness (QED) is 0.607. The number of allylic oxidation sites excluding steroid dienone is 1. The highest BCUT2D eigenvalue weighted by Crippen LogP contribution is 2.66. The monoisotopic (exact) mass is 404 g/mol. The van der Waals surface area contributed by atoms with Crippen molar-refractivity contribution in [2.45, 2.75) is 104 Å². The van der Waals surface area contributed by atoms with Gasteiger partial charge in [0, 0.05) is 18.4 Å². The van der Waals surface area contributed by atoms with E-state index >= 15 is 0 Å². The second-order valence-corrected chi connectivity index (χ2v) is 11.7. The molecule has 4 aliphatic carbocycles. The van der Waals surface area contributed by atoms with Crippen LogP contribution < -0.4 is 0 Å². The molecule has 166 valence electrons. The molecule has 0 aromatic rings. The maximum Gasteiger partial charge on any atom is 0.0658 e. The molecule has 3 nitrogen and oxygen atoms in total. The Labute approximate surface area is 178 Å². The van der Waals surface area contributed by atoms with E-state index in [-0.39, 0.29) is 11.5 Å². The van der Waals surface area contributed by atoms with Crippen LogP contribution >= 0.6 is 0 Å². The lowest BCUT2D eigenvalue weighted by Gasteiger charge is -2.59. The minimum Gasteiger partial charge on any atom is -0.393 e. The summed E-state index contributed by atoms with van der Waals surface area (Å²) >= 11 is 0. The molecule has 0 saturated heterocycles. The third-order valence-electron chi connectivity index (χ3n) is 9.89. The molecule has 3 saturated carbocycles. The fourth-order valence-corrected chi connectivity index (χ4v) is 8.12. The van der Waals surface area contributed by atoms with E-state index in [1.54, 1.807) is 0 Å². The lowest BCUT2D eigenvalue weighted by Crippen LogP contribution is -2.56. The molecule has 0 spiro atoms. The lowest BCUT2D eigenvalue weighted by atomic mass is 9.46. The van der Waals surface area contributed by atoms with Crippen molar-refractivity contribution in [1.82, 2.24) is 0 Å². The highest BCUT2D eigenvalue weighted by atomic mass is 16.5. The SMILES string of the molecule is CC(C)CCO[C@@H](C)[C@H]1CC[C@H]2[C@@H]3CC=C4C[C@@H](O)C[C@H](O)[C@]4(C)[C@H]3CC[C@]12C. The predicted molar refractivity (Wildman–Crippen MR) is 117 cm³/mol. The van der Waals surface area contributed by atoms with Crippen LogP contribution in [0.4, 0.5) is 0 Å². The van der Waals surface area contributed by atoms with Crippen molar-refractivity contribution >= 4 is 0 Å². The first-order valence-corrected chi connectivity index (χ1v) is 12.3. The van der Waals surface area contributed by atoms with Crippen molar-refractivity contribution in [3.63, 3.8) is 0 Å². The Morgan fingerprint density at radius 3 is 2.59 bits per heavy atom. The Bertz CT molecular complexity index is 627. The largest absolute Gasteiger partial charge is 0.393 e. The van der Waals surface area contributed by atoms with Gasteiger partial charge in [0.1, 0.15) is 0 Å². The summed E-state index contributed by atoms with van der Waals surface area (Å²) in [6, 6.07) is 0. The lowest BCUT2D eigenvalue weighted by molar-refractivity contribution is -0.116. The van der Waals surface area contributed by atoms with Gasteiger partial charge in [0.05, 0.1) is 18.3 Å². The van der Waals surface area contributed by atoms with Crippen molar-refractivity contribution in [2.24, 2.45) is 40.4 Å². The minimum atomic E-state index is -0.398. The van der Waals surface area contributed by atoms with Crippen LogP contribution in [0, 0.1) is 40.4 Å². The van der Waals surface area contributed by atoms with E-state index in [1.165, 1.54) is 31.3 Å². The number of rotatable bonds is 5. The fourth-order valence-electron chi connectivity index (χ4n) is 8.12. The molecule has 3 fully saturated rings. The summed E-state index contributed by atoms with van der Waals surface area (Å²) in [5, 5.41) is 21.2. The van der Waals surface area contributed by atoms with E-state index in [1.807, 2.05) is 0 Å². The van der Waals surface area contributed by atoms with Gasteiger partial charge < -0.3 is 14.9 Å². The third-order valence-corrected chi connectivity index (χ3v) is 9.89. The van der Waals surface area contributed by atoms with Crippen LogP contribution in [0.15, 0.2) is 11.6 Å². The van der Waals surface area contributed by atoms with E-state index in [2.05, 4.69) is 40.7 Å². The highest BCUT2D eigenvalue weighted by molar-refractivity contribution is 5.27. The molecule has 0 aromatic heterocycles. The fraction of sp³-hybridized carbons (Fsp3) is 0.923. The average molecular weight is 405 g/mol. The standard InChI is InChI=1S/C26H44O3/c1-16(2)11-13-29-17(3)21-8-9-22-20-7-6-18-14-19(27)15-24(28)26(18,5)23(20)10-12-25(21,22)4/h6,16-17,19-24,27-28H,7-15H2,1-5H3/t17-,19+,20-,21+,22-,23-,24-,25+,26-/m0/s1. The number of fused-ring (bicyclic) bond motifs is 5. The summed E-state index contributed by atoms with van der Waals surface area (Å²) in [7, 11) is 0. The Morgan fingerprint density at radius 2 is 1.86 bits per heavy atom. The smallest absolute Gasteiger partial charge is 0.0658 e. The van der Waals surface area contributed by atoms with E-state index in [4.69, 9.17) is 4.74 Å². The molecule has 0 aliphatic heterocycles. The van der Waals surface area contributed by atoms with Crippen molar-refractivity contribution in [1.29, 1.82) is 0 Å². The highest BCUT2D eigenvalue weighted by Gasteiger charge is 2.61. The normalized spacial score (nSPS) is 47.9. The van der Waals surface area contributed by atoms with Crippen LogP contribution in [0.3, 0.4) is 0 Å². The summed E-state index contributed by atoms with van der Waals surface area (Å²) in [6.45, 7) is 12.6. The van der Waals surface area contributed by atoms with Gasteiger partial charge in [0.15, 0.2) is 0 Å². The Morgan fingerprint density at radius 1 is 1.10 bits per heavy atom. The summed E-state index contributed by atoms with van der Waals surface area (Å²) in [5.41, 5.74) is 1.59. The average Bonchev–Trinajstić information content (AvgIpc) is 3.00. The molecule has 0 aromatic carbocycles. The predicted octanol–water partition coefficient (Wildman–Crippen LogP) is 5.35. The molecule has 2 N–H and O–H groups in total. The van der Waals surface area contributed by atoms with Gasteiger partial charge in [-0.15, -0.1) is 0 Å². The van der Waals surface area contributed by atoms with E-state index in [0.717, 1.165) is 31.8 Å². The molecule has 4 rings (SSSR count). The number of aliphatic hydroxyl groups excluding tert-OH is 2. The number of ether oxygens (including phenoxy) is 1. The first-order chi connectivity index (χ1) is 13.7. The second kappa shape index (κ2) is 7.95. The third kappa shape index (κ3) is 3.53. The van der Waals surface area contributed by atoms with E-state index in [0.29, 0.717) is 41.6 Å². The molecule has 0 radical (unpaired) electrons. The summed E-state index contributed by atoms with van der Waals surface area (Å²) in [4.78, 5) is 0. The molecule has 29 heavy (non-hydrogen) atoms. The van der Waals surface area contributed by atoms with Crippen molar-refractivity contribution in [3.05, 3.63) is 11.6 Å². The van der Waals surface area contributed by atoms with Gasteiger partial charge in [-0.2, -0.15) is 0 Å². The molecule has 0 amide bonds. The molecule has 0 bridgehead atoms. The molecule has 9 atom stereocenters. The van der Waals surface area contributed by atoms with Crippen LogP contribution in [-0.4, -0.2) is 35.1 Å². The molecule has 0 heterocycles. The summed E-state index contributed by atoms with van der Waals surface area (Å²) in [5.74, 6) is 3.36. The van der Waals surface area contributed by atoms with Gasteiger partial charge >= 0.3 is 0 Å². The van der Waals surface area contributed by atoms with Crippen LogP contribution in [0.5, 0.6) is 0 Å². The van der Waals surface area contributed by atoms with Gasteiger partial charge in [0.2, 0.25) is 0 Å². The van der Waals surface area contributed by atoms with Gasteiger partial charge in [-0.3, -0.25) is 0 Å². The zero-order valence-corrected chi connectivity index (χ0v) is 19.4. The number of aliphatic hydroxyl groups is 2. The van der Waals surface area contributed by atoms with Crippen molar-refractivity contribution in [3.8, 4) is 0 Å². The van der Waals surface area contributed by atoms with Crippen molar-refractivity contribution in [2.75, 3.05) is 6.61 Å². The van der Waals surface area contributed by atoms with Crippen LogP contribution in [0.2, 0.25) is 0 Å². The topological polar surface area (TPSA) is 49.7 Å². The van der Waals surface area contributed by atoms with Gasteiger partial charge in [0.25, 0.3) is 0 Å². The Balaban J connectivity index is 1.52. The maximum absolute atomic E-state index is 11.0. The molecule has 4 aliphatic rings. The Hall–Kier alpha value is -0.380. The molecule has 3 heteroatoms. The van der Waals surface area contributed by atoms with Crippen LogP contribution in [0.25, 0.3) is 0 Å². The van der Waals surface area contributed by atoms with E-state index < -0.39 is 6.10 Å². The van der Waals surface area contributed by atoms with Crippen molar-refractivity contribution < 1.29 is 14.9 Å². The first kappa shape index (κ1) is 21.8. The minimum absolute atomic E-state index is 0.124. The molecular weight excluding hydrogens is 360 g/mol. The van der Waals surface area contributed by atoms with Crippen LogP contribution in [0.1, 0.15) is 86.0 Å². The number of hydrogen-bond donors (Lipinski definition) is 2. The Kier molecular flexibility index (Phi) is 5.99. The first-order valence-electron chi connectivity index (χ1n) is 12.3. The zero-order valence-electron chi connectivity index (χ0n) is 19.4. The molecule has 0 unspecified atom stereocenters. The zero-order chi connectivity index (χ0) is 21.0. The summed E-state index contributed by atoms with van der Waals surface area (Å²) < 4.78 is 6.34. The van der Waals surface area contributed by atoms with Crippen LogP contribution in [-0.2, 0) is 4.74 Å². The van der Waals surface area contributed by atoms with Gasteiger partial charge in [-0.25, -0.2) is 0 Å². The second-order valence-electron chi connectivity index (χ2n) is 11.7.